The standard InChI is InChI=1S/C21H25ClN4O2/c1-5-26-17-7-6-14(11-24-13-15-12-23-9-8-16(15)22)10-18(17)25(4)19(27)21(2,3)20(26)28/h6-10,12,24H,5,11,13H2,1-4H3. The van der Waals surface area contributed by atoms with Gasteiger partial charge in [-0.1, -0.05) is 17.7 Å². The molecule has 0 atom stereocenters. The van der Waals surface area contributed by atoms with Crippen molar-refractivity contribution in [2.75, 3.05) is 23.4 Å². The summed E-state index contributed by atoms with van der Waals surface area (Å²) >= 11 is 6.16. The Labute approximate surface area is 170 Å². The minimum absolute atomic E-state index is 0.178. The number of halogens is 1. The molecule has 6 nitrogen and oxygen atoms in total. The first kappa shape index (κ1) is 20.3. The highest BCUT2D eigenvalue weighted by Gasteiger charge is 2.45. The zero-order chi connectivity index (χ0) is 20.5. The highest BCUT2D eigenvalue weighted by atomic mass is 35.5. The average Bonchev–Trinajstić information content (AvgIpc) is 2.73. The van der Waals surface area contributed by atoms with Crippen LogP contribution in [0.2, 0.25) is 5.02 Å². The molecule has 148 valence electrons. The lowest BCUT2D eigenvalue weighted by Gasteiger charge is -2.27. The predicted molar refractivity (Wildman–Crippen MR) is 111 cm³/mol. The van der Waals surface area contributed by atoms with Crippen molar-refractivity contribution >= 4 is 34.8 Å². The Hall–Kier alpha value is -2.44. The Morgan fingerprint density at radius 1 is 1.11 bits per heavy atom. The molecule has 0 radical (unpaired) electrons. The summed E-state index contributed by atoms with van der Waals surface area (Å²) in [6.07, 6.45) is 3.40. The van der Waals surface area contributed by atoms with E-state index in [9.17, 15) is 9.59 Å². The van der Waals surface area contributed by atoms with E-state index in [1.165, 1.54) is 0 Å². The Morgan fingerprint density at radius 3 is 2.54 bits per heavy atom. The van der Waals surface area contributed by atoms with E-state index < -0.39 is 5.41 Å². The van der Waals surface area contributed by atoms with Gasteiger partial charge in [0.05, 0.1) is 11.4 Å². The van der Waals surface area contributed by atoms with Gasteiger partial charge >= 0.3 is 0 Å². The molecule has 1 aromatic heterocycles. The number of fused-ring (bicyclic) bond motifs is 1. The summed E-state index contributed by atoms with van der Waals surface area (Å²) in [6, 6.07) is 7.61. The van der Waals surface area contributed by atoms with Crippen LogP contribution < -0.4 is 15.1 Å². The van der Waals surface area contributed by atoms with Crippen molar-refractivity contribution < 1.29 is 9.59 Å². The molecule has 2 amide bonds. The van der Waals surface area contributed by atoms with E-state index in [0.29, 0.717) is 24.7 Å². The summed E-state index contributed by atoms with van der Waals surface area (Å²) in [6.45, 7) is 6.98. The smallest absolute Gasteiger partial charge is 0.242 e. The van der Waals surface area contributed by atoms with Gasteiger partial charge < -0.3 is 15.1 Å². The highest BCUT2D eigenvalue weighted by molar-refractivity contribution is 6.31. The minimum Gasteiger partial charge on any atom is -0.313 e. The predicted octanol–water partition coefficient (Wildman–Crippen LogP) is 3.38. The molecule has 0 bridgehead atoms. The maximum absolute atomic E-state index is 12.9. The van der Waals surface area contributed by atoms with Crippen molar-refractivity contribution in [3.8, 4) is 0 Å². The fourth-order valence-corrected chi connectivity index (χ4v) is 3.61. The molecule has 0 saturated heterocycles. The third-order valence-electron chi connectivity index (χ3n) is 5.12. The lowest BCUT2D eigenvalue weighted by atomic mass is 9.90. The Kier molecular flexibility index (Phi) is 5.72. The van der Waals surface area contributed by atoms with E-state index in [2.05, 4.69) is 10.3 Å². The third-order valence-corrected chi connectivity index (χ3v) is 5.48. The lowest BCUT2D eigenvalue weighted by Crippen LogP contribution is -2.47. The molecular formula is C21H25ClN4O2. The number of rotatable bonds is 5. The van der Waals surface area contributed by atoms with Crippen molar-refractivity contribution in [3.05, 3.63) is 52.8 Å². The van der Waals surface area contributed by atoms with Crippen LogP contribution in [0.3, 0.4) is 0 Å². The number of hydrogen-bond acceptors (Lipinski definition) is 4. The van der Waals surface area contributed by atoms with Crippen LogP contribution >= 0.6 is 11.6 Å². The summed E-state index contributed by atoms with van der Waals surface area (Å²) < 4.78 is 0. The fourth-order valence-electron chi connectivity index (χ4n) is 3.44. The van der Waals surface area contributed by atoms with E-state index in [0.717, 1.165) is 22.5 Å². The van der Waals surface area contributed by atoms with Crippen LogP contribution in [0.4, 0.5) is 11.4 Å². The number of carbonyl (C=O) groups is 2. The largest absolute Gasteiger partial charge is 0.313 e. The molecule has 0 saturated carbocycles. The number of carbonyl (C=O) groups excluding carboxylic acids is 2. The molecule has 28 heavy (non-hydrogen) atoms. The summed E-state index contributed by atoms with van der Waals surface area (Å²) in [5.74, 6) is -0.385. The first-order valence-corrected chi connectivity index (χ1v) is 9.67. The summed E-state index contributed by atoms with van der Waals surface area (Å²) in [4.78, 5) is 33.2. The summed E-state index contributed by atoms with van der Waals surface area (Å²) in [7, 11) is 1.72. The molecule has 1 aliphatic heterocycles. The van der Waals surface area contributed by atoms with Gasteiger partial charge in [0.25, 0.3) is 0 Å². The molecule has 7 heteroatoms. The van der Waals surface area contributed by atoms with E-state index >= 15 is 0 Å². The van der Waals surface area contributed by atoms with Crippen LogP contribution in [0, 0.1) is 5.41 Å². The van der Waals surface area contributed by atoms with Crippen LogP contribution in [0.15, 0.2) is 36.7 Å². The highest BCUT2D eigenvalue weighted by Crippen LogP contribution is 2.38. The Balaban J connectivity index is 1.85. The van der Waals surface area contributed by atoms with Crippen LogP contribution in [-0.4, -0.2) is 30.4 Å². The van der Waals surface area contributed by atoms with E-state index in [-0.39, 0.29) is 11.8 Å². The van der Waals surface area contributed by atoms with Crippen LogP contribution in [0.5, 0.6) is 0 Å². The minimum atomic E-state index is -1.10. The van der Waals surface area contributed by atoms with Crippen LogP contribution in [0.1, 0.15) is 31.9 Å². The maximum Gasteiger partial charge on any atom is 0.242 e. The third kappa shape index (κ3) is 3.62. The van der Waals surface area contributed by atoms with Gasteiger partial charge in [-0.25, -0.2) is 0 Å². The SMILES string of the molecule is CCN1C(=O)C(C)(C)C(=O)N(C)c2cc(CNCc3cnccc3Cl)ccc21. The number of nitrogens with zero attached hydrogens (tertiary/aromatic N) is 3. The second-order valence-corrected chi connectivity index (χ2v) is 7.84. The Morgan fingerprint density at radius 2 is 1.86 bits per heavy atom. The number of anilines is 2. The quantitative estimate of drug-likeness (QED) is 0.781. The first-order valence-electron chi connectivity index (χ1n) is 9.29. The van der Waals surface area contributed by atoms with Gasteiger partial charge in [0.1, 0.15) is 5.41 Å². The molecular weight excluding hydrogens is 376 g/mol. The van der Waals surface area contributed by atoms with Crippen molar-refractivity contribution in [2.45, 2.75) is 33.9 Å². The second kappa shape index (κ2) is 7.89. The number of pyridine rings is 1. The van der Waals surface area contributed by atoms with Crippen molar-refractivity contribution in [1.82, 2.24) is 10.3 Å². The average molecular weight is 401 g/mol. The number of benzene rings is 1. The van der Waals surface area contributed by atoms with Crippen molar-refractivity contribution in [3.63, 3.8) is 0 Å². The number of nitrogens with one attached hydrogen (secondary N) is 1. The van der Waals surface area contributed by atoms with Gasteiger partial charge in [-0.05, 0) is 44.5 Å². The molecule has 2 heterocycles. The summed E-state index contributed by atoms with van der Waals surface area (Å²) in [5, 5.41) is 4.02. The topological polar surface area (TPSA) is 65.5 Å². The molecule has 3 rings (SSSR count). The summed E-state index contributed by atoms with van der Waals surface area (Å²) in [5.41, 5.74) is 2.34. The normalized spacial score (nSPS) is 16.2. The van der Waals surface area contributed by atoms with Gasteiger partial charge in [0.2, 0.25) is 11.8 Å². The van der Waals surface area contributed by atoms with E-state index in [1.807, 2.05) is 25.1 Å². The van der Waals surface area contributed by atoms with E-state index in [1.54, 1.807) is 49.2 Å². The fraction of sp³-hybridized carbons (Fsp3) is 0.381. The number of amides is 2. The molecule has 1 aromatic carbocycles. The zero-order valence-corrected chi connectivity index (χ0v) is 17.4. The molecule has 0 unspecified atom stereocenters. The molecule has 2 aromatic rings. The van der Waals surface area contributed by atoms with Gasteiger partial charge in [0.15, 0.2) is 0 Å². The molecule has 0 aliphatic carbocycles. The molecule has 1 N–H and O–H groups in total. The Bertz CT molecular complexity index is 913. The molecule has 0 fully saturated rings. The van der Waals surface area contributed by atoms with Gasteiger partial charge in [0, 0.05) is 49.7 Å². The van der Waals surface area contributed by atoms with Crippen molar-refractivity contribution in [2.24, 2.45) is 5.41 Å². The van der Waals surface area contributed by atoms with Crippen molar-refractivity contribution in [1.29, 1.82) is 0 Å². The van der Waals surface area contributed by atoms with Crippen LogP contribution in [0.25, 0.3) is 0 Å². The second-order valence-electron chi connectivity index (χ2n) is 7.43. The number of hydrogen-bond donors (Lipinski definition) is 1. The number of aromatic nitrogens is 1. The lowest BCUT2D eigenvalue weighted by molar-refractivity contribution is -0.137. The first-order chi connectivity index (χ1) is 13.3. The van der Waals surface area contributed by atoms with E-state index in [4.69, 9.17) is 11.6 Å². The zero-order valence-electron chi connectivity index (χ0n) is 16.6. The molecule has 0 spiro atoms. The van der Waals surface area contributed by atoms with Gasteiger partial charge in [-0.2, -0.15) is 0 Å². The van der Waals surface area contributed by atoms with Gasteiger partial charge in [-0.15, -0.1) is 0 Å². The van der Waals surface area contributed by atoms with Gasteiger partial charge in [-0.3, -0.25) is 14.6 Å². The van der Waals surface area contributed by atoms with Crippen LogP contribution in [-0.2, 0) is 22.7 Å². The maximum atomic E-state index is 12.9. The molecule has 1 aliphatic rings. The monoisotopic (exact) mass is 400 g/mol.